The molecular weight excluding hydrogens is 244 g/mol. The summed E-state index contributed by atoms with van der Waals surface area (Å²) in [6.45, 7) is 6.94. The van der Waals surface area contributed by atoms with Gasteiger partial charge >= 0.3 is 0 Å². The maximum absolute atomic E-state index is 4.19. The molecule has 0 amide bonds. The molecule has 0 radical (unpaired) electrons. The predicted octanol–water partition coefficient (Wildman–Crippen LogP) is 5.67. The number of nitrogens with zero attached hydrogens (tertiary/aromatic N) is 2. The number of aliphatic imine (C=N–C) groups is 1. The van der Waals surface area contributed by atoms with Gasteiger partial charge in [0.15, 0.2) is 0 Å². The molecule has 0 aliphatic heterocycles. The smallest absolute Gasteiger partial charge is 0.0846 e. The molecular formula is C18H38N2. The lowest BCUT2D eigenvalue weighted by atomic mass is 10.1. The van der Waals surface area contributed by atoms with Crippen molar-refractivity contribution in [1.29, 1.82) is 0 Å². The highest BCUT2D eigenvalue weighted by atomic mass is 15.1. The van der Waals surface area contributed by atoms with E-state index in [1.807, 2.05) is 13.4 Å². The fraction of sp³-hybridized carbons (Fsp3) is 0.944. The molecule has 0 fully saturated rings. The Morgan fingerprint density at radius 2 is 1.05 bits per heavy atom. The van der Waals surface area contributed by atoms with Gasteiger partial charge in [-0.3, -0.25) is 4.99 Å². The fourth-order valence-corrected chi connectivity index (χ4v) is 2.58. The Bertz CT molecular complexity index is 186. The summed E-state index contributed by atoms with van der Waals surface area (Å²) >= 11 is 0. The lowest BCUT2D eigenvalue weighted by Gasteiger charge is -2.19. The summed E-state index contributed by atoms with van der Waals surface area (Å²) in [5.74, 6) is 0. The highest BCUT2D eigenvalue weighted by Gasteiger charge is 2.00. The second kappa shape index (κ2) is 16.5. The molecule has 0 aromatic heterocycles. The fourth-order valence-electron chi connectivity index (χ4n) is 2.58. The van der Waals surface area contributed by atoms with Crippen LogP contribution in [0.3, 0.4) is 0 Å². The third-order valence-corrected chi connectivity index (χ3v) is 3.88. The molecule has 0 spiro atoms. The van der Waals surface area contributed by atoms with E-state index < -0.39 is 0 Å². The molecule has 0 aliphatic carbocycles. The van der Waals surface area contributed by atoms with Crippen LogP contribution in [0.15, 0.2) is 4.99 Å². The van der Waals surface area contributed by atoms with Crippen LogP contribution in [0.4, 0.5) is 0 Å². The van der Waals surface area contributed by atoms with Crippen LogP contribution in [0.2, 0.25) is 0 Å². The van der Waals surface area contributed by atoms with Crippen molar-refractivity contribution in [1.82, 2.24) is 4.90 Å². The van der Waals surface area contributed by atoms with Gasteiger partial charge in [-0.05, 0) is 12.8 Å². The van der Waals surface area contributed by atoms with E-state index in [2.05, 4.69) is 23.7 Å². The van der Waals surface area contributed by atoms with Crippen molar-refractivity contribution < 1.29 is 0 Å². The standard InChI is InChI=1S/C18H38N2/c1-4-6-8-10-12-14-16-20(18-19-3)17-15-13-11-9-7-5-2/h18H,4-17H2,1-3H3. The normalized spacial score (nSPS) is 11.3. The van der Waals surface area contributed by atoms with Crippen molar-refractivity contribution in [3.8, 4) is 0 Å². The number of hydrogen-bond acceptors (Lipinski definition) is 1. The minimum absolute atomic E-state index is 1.19. The van der Waals surface area contributed by atoms with E-state index in [4.69, 9.17) is 0 Å². The van der Waals surface area contributed by atoms with Gasteiger partial charge in [0, 0.05) is 20.1 Å². The van der Waals surface area contributed by atoms with Crippen LogP contribution in [-0.4, -0.2) is 31.4 Å². The molecule has 120 valence electrons. The summed E-state index contributed by atoms with van der Waals surface area (Å²) in [6, 6.07) is 0. The molecule has 2 nitrogen and oxygen atoms in total. The van der Waals surface area contributed by atoms with E-state index in [0.29, 0.717) is 0 Å². The zero-order chi connectivity index (χ0) is 14.9. The maximum atomic E-state index is 4.19. The summed E-state index contributed by atoms with van der Waals surface area (Å²) in [7, 11) is 1.88. The first kappa shape index (κ1) is 19.5. The molecule has 2 heteroatoms. The minimum Gasteiger partial charge on any atom is -0.363 e. The van der Waals surface area contributed by atoms with E-state index in [-0.39, 0.29) is 0 Å². The van der Waals surface area contributed by atoms with Crippen molar-refractivity contribution in [2.45, 2.75) is 90.9 Å². The van der Waals surface area contributed by atoms with Gasteiger partial charge in [-0.15, -0.1) is 0 Å². The van der Waals surface area contributed by atoms with Gasteiger partial charge in [0.25, 0.3) is 0 Å². The molecule has 0 N–H and O–H groups in total. The zero-order valence-corrected chi connectivity index (χ0v) is 14.4. The highest BCUT2D eigenvalue weighted by Crippen LogP contribution is 2.08. The minimum atomic E-state index is 1.19. The van der Waals surface area contributed by atoms with Gasteiger partial charge in [-0.2, -0.15) is 0 Å². The van der Waals surface area contributed by atoms with Crippen molar-refractivity contribution in [2.24, 2.45) is 4.99 Å². The van der Waals surface area contributed by atoms with Crippen LogP contribution < -0.4 is 0 Å². The average molecular weight is 283 g/mol. The van der Waals surface area contributed by atoms with Crippen LogP contribution in [0, 0.1) is 0 Å². The van der Waals surface area contributed by atoms with E-state index in [0.717, 1.165) is 0 Å². The van der Waals surface area contributed by atoms with Gasteiger partial charge in [0.1, 0.15) is 0 Å². The van der Waals surface area contributed by atoms with Gasteiger partial charge < -0.3 is 4.90 Å². The van der Waals surface area contributed by atoms with Crippen molar-refractivity contribution in [3.63, 3.8) is 0 Å². The van der Waals surface area contributed by atoms with Crippen LogP contribution in [0.1, 0.15) is 90.9 Å². The number of rotatable bonds is 15. The number of unbranched alkanes of at least 4 members (excludes halogenated alkanes) is 10. The Balaban J connectivity index is 3.50. The molecule has 20 heavy (non-hydrogen) atoms. The average Bonchev–Trinajstić information content (AvgIpc) is 2.46. The lowest BCUT2D eigenvalue weighted by molar-refractivity contribution is 0.393. The Morgan fingerprint density at radius 1 is 0.650 bits per heavy atom. The van der Waals surface area contributed by atoms with Crippen LogP contribution >= 0.6 is 0 Å². The Morgan fingerprint density at radius 3 is 1.45 bits per heavy atom. The van der Waals surface area contributed by atoms with Crippen molar-refractivity contribution in [3.05, 3.63) is 0 Å². The molecule has 0 bridgehead atoms. The Kier molecular flexibility index (Phi) is 16.1. The molecule has 0 rings (SSSR count). The molecule has 0 unspecified atom stereocenters. The zero-order valence-electron chi connectivity index (χ0n) is 14.4. The lowest BCUT2D eigenvalue weighted by Crippen LogP contribution is -2.24. The van der Waals surface area contributed by atoms with Crippen LogP contribution in [-0.2, 0) is 0 Å². The molecule has 0 heterocycles. The first-order valence-corrected chi connectivity index (χ1v) is 9.01. The van der Waals surface area contributed by atoms with Gasteiger partial charge in [-0.25, -0.2) is 0 Å². The van der Waals surface area contributed by atoms with Crippen LogP contribution in [0.5, 0.6) is 0 Å². The largest absolute Gasteiger partial charge is 0.363 e. The molecule has 0 saturated heterocycles. The van der Waals surface area contributed by atoms with Gasteiger partial charge in [0.05, 0.1) is 6.34 Å². The highest BCUT2D eigenvalue weighted by molar-refractivity contribution is 5.54. The summed E-state index contributed by atoms with van der Waals surface area (Å²) in [4.78, 5) is 6.61. The predicted molar refractivity (Wildman–Crippen MR) is 92.7 cm³/mol. The first-order chi connectivity index (χ1) is 9.85. The summed E-state index contributed by atoms with van der Waals surface area (Å²) in [6.07, 6.45) is 18.6. The second-order valence-corrected chi connectivity index (χ2v) is 5.95. The van der Waals surface area contributed by atoms with E-state index >= 15 is 0 Å². The van der Waals surface area contributed by atoms with Crippen LogP contribution in [0.25, 0.3) is 0 Å². The summed E-state index contributed by atoms with van der Waals surface area (Å²) in [5, 5.41) is 0. The van der Waals surface area contributed by atoms with E-state index in [1.54, 1.807) is 0 Å². The number of hydrogen-bond donors (Lipinski definition) is 0. The Hall–Kier alpha value is -0.530. The maximum Gasteiger partial charge on any atom is 0.0846 e. The second-order valence-electron chi connectivity index (χ2n) is 5.95. The molecule has 0 aromatic rings. The van der Waals surface area contributed by atoms with Crippen molar-refractivity contribution >= 4 is 6.34 Å². The molecule has 0 atom stereocenters. The topological polar surface area (TPSA) is 15.6 Å². The van der Waals surface area contributed by atoms with Gasteiger partial charge in [0.2, 0.25) is 0 Å². The first-order valence-electron chi connectivity index (χ1n) is 9.01. The van der Waals surface area contributed by atoms with E-state index in [9.17, 15) is 0 Å². The van der Waals surface area contributed by atoms with Gasteiger partial charge in [-0.1, -0.05) is 78.1 Å². The van der Waals surface area contributed by atoms with E-state index in [1.165, 1.54) is 90.1 Å². The third kappa shape index (κ3) is 13.9. The quantitative estimate of drug-likeness (QED) is 0.215. The molecule has 0 saturated carbocycles. The summed E-state index contributed by atoms with van der Waals surface area (Å²) in [5.41, 5.74) is 0. The van der Waals surface area contributed by atoms with Crippen molar-refractivity contribution in [2.75, 3.05) is 20.1 Å². The Labute approximate surface area is 128 Å². The third-order valence-electron chi connectivity index (χ3n) is 3.88. The monoisotopic (exact) mass is 282 g/mol. The SMILES string of the molecule is CCCCCCCCN(C=NC)CCCCCCCC. The summed E-state index contributed by atoms with van der Waals surface area (Å²) < 4.78 is 0. The molecule has 0 aliphatic rings. The molecule has 0 aromatic carbocycles.